The quantitative estimate of drug-likeness (QED) is 0.849. The van der Waals surface area contributed by atoms with Crippen LogP contribution in [0.15, 0.2) is 24.3 Å². The normalized spacial score (nSPS) is 15.8. The number of hydrogen-bond donors (Lipinski definition) is 2. The van der Waals surface area contributed by atoms with E-state index in [1.54, 1.807) is 7.11 Å². The molecule has 0 bridgehead atoms. The monoisotopic (exact) mass is 242 g/mol. The molecular weight excluding hydrogens is 224 g/mol. The minimum absolute atomic E-state index is 0.913. The van der Waals surface area contributed by atoms with E-state index in [0.29, 0.717) is 0 Å². The van der Waals surface area contributed by atoms with E-state index >= 15 is 0 Å². The molecule has 0 fully saturated rings. The summed E-state index contributed by atoms with van der Waals surface area (Å²) in [6.45, 7) is 4.16. The molecule has 1 aliphatic rings. The Balaban J connectivity index is 2.23. The zero-order valence-electron chi connectivity index (χ0n) is 10.8. The molecule has 3 rings (SSSR count). The Bertz CT molecular complexity index is 610. The van der Waals surface area contributed by atoms with Crippen LogP contribution in [0.5, 0.6) is 5.75 Å². The number of nitrogens with one attached hydrogen (secondary N) is 2. The molecule has 3 heteroatoms. The van der Waals surface area contributed by atoms with E-state index in [-0.39, 0.29) is 0 Å². The van der Waals surface area contributed by atoms with Crippen molar-refractivity contribution in [3.05, 3.63) is 35.5 Å². The molecule has 0 atom stereocenters. The largest absolute Gasteiger partial charge is 0.495 e. The van der Waals surface area contributed by atoms with E-state index in [2.05, 4.69) is 35.4 Å². The van der Waals surface area contributed by atoms with Crippen molar-refractivity contribution in [2.75, 3.05) is 20.2 Å². The van der Waals surface area contributed by atoms with Gasteiger partial charge in [-0.2, -0.15) is 0 Å². The average molecular weight is 242 g/mol. The molecule has 2 heterocycles. The van der Waals surface area contributed by atoms with Crippen LogP contribution >= 0.6 is 0 Å². The van der Waals surface area contributed by atoms with Gasteiger partial charge in [0.15, 0.2) is 0 Å². The van der Waals surface area contributed by atoms with Gasteiger partial charge in [0.2, 0.25) is 0 Å². The Morgan fingerprint density at radius 2 is 2.17 bits per heavy atom. The summed E-state index contributed by atoms with van der Waals surface area (Å²) in [7, 11) is 1.72. The van der Waals surface area contributed by atoms with Crippen molar-refractivity contribution in [3.8, 4) is 5.75 Å². The van der Waals surface area contributed by atoms with Gasteiger partial charge in [-0.05, 0) is 31.5 Å². The molecule has 0 radical (unpaired) electrons. The topological polar surface area (TPSA) is 37.0 Å². The number of ether oxygens (including phenoxy) is 1. The van der Waals surface area contributed by atoms with Gasteiger partial charge in [-0.25, -0.2) is 0 Å². The summed E-state index contributed by atoms with van der Waals surface area (Å²) >= 11 is 0. The summed E-state index contributed by atoms with van der Waals surface area (Å²) in [5.74, 6) is 0.913. The van der Waals surface area contributed by atoms with Gasteiger partial charge < -0.3 is 15.0 Å². The lowest BCUT2D eigenvalue weighted by molar-refractivity contribution is 0.419. The molecule has 0 amide bonds. The van der Waals surface area contributed by atoms with Crippen LogP contribution in [0.3, 0.4) is 0 Å². The van der Waals surface area contributed by atoms with E-state index in [1.807, 2.05) is 6.07 Å². The Morgan fingerprint density at radius 1 is 1.28 bits per heavy atom. The summed E-state index contributed by atoms with van der Waals surface area (Å²) in [6, 6.07) is 6.22. The van der Waals surface area contributed by atoms with E-state index in [1.165, 1.54) is 22.2 Å². The molecule has 0 aliphatic carbocycles. The van der Waals surface area contributed by atoms with E-state index in [9.17, 15) is 0 Å². The number of methoxy groups -OCH3 is 1. The minimum Gasteiger partial charge on any atom is -0.495 e. The average Bonchev–Trinajstić information content (AvgIpc) is 2.75. The number of benzene rings is 1. The molecule has 94 valence electrons. The second-order valence-corrected chi connectivity index (χ2v) is 4.69. The van der Waals surface area contributed by atoms with Crippen LogP contribution in [-0.2, 0) is 0 Å². The smallest absolute Gasteiger partial charge is 0.142 e. The predicted octanol–water partition coefficient (Wildman–Crippen LogP) is 2.86. The molecule has 3 nitrogen and oxygen atoms in total. The van der Waals surface area contributed by atoms with Gasteiger partial charge in [-0.15, -0.1) is 0 Å². The number of aryl methyl sites for hydroxylation is 1. The van der Waals surface area contributed by atoms with Crippen molar-refractivity contribution < 1.29 is 4.74 Å². The first-order valence-electron chi connectivity index (χ1n) is 6.36. The van der Waals surface area contributed by atoms with E-state index in [0.717, 1.165) is 30.8 Å². The maximum absolute atomic E-state index is 5.42. The molecule has 0 saturated carbocycles. The standard InChI is InChI=1S/C15H18N2O/c1-10-14(11-6-8-16-9-7-11)12-4-3-5-13(18-2)15(12)17-10/h3-6,16-17H,7-9H2,1-2H3. The second-order valence-electron chi connectivity index (χ2n) is 4.69. The number of hydrogen-bond acceptors (Lipinski definition) is 2. The van der Waals surface area contributed by atoms with Crippen LogP contribution in [0.25, 0.3) is 16.5 Å². The lowest BCUT2D eigenvalue weighted by Crippen LogP contribution is -2.20. The van der Waals surface area contributed by atoms with Crippen molar-refractivity contribution >= 4 is 16.5 Å². The van der Waals surface area contributed by atoms with Crippen LogP contribution in [0.4, 0.5) is 0 Å². The third-order valence-electron chi connectivity index (χ3n) is 3.59. The number of H-pyrrole nitrogens is 1. The van der Waals surface area contributed by atoms with Gasteiger partial charge in [-0.3, -0.25) is 0 Å². The third-order valence-corrected chi connectivity index (χ3v) is 3.59. The molecule has 18 heavy (non-hydrogen) atoms. The summed E-state index contributed by atoms with van der Waals surface area (Å²) in [6.07, 6.45) is 3.38. The molecule has 0 spiro atoms. The first kappa shape index (κ1) is 11.4. The molecule has 2 N–H and O–H groups in total. The Labute approximate surface area is 107 Å². The van der Waals surface area contributed by atoms with Gasteiger partial charge in [0.25, 0.3) is 0 Å². The van der Waals surface area contributed by atoms with Crippen molar-refractivity contribution in [2.24, 2.45) is 0 Å². The van der Waals surface area contributed by atoms with Gasteiger partial charge in [0, 0.05) is 23.2 Å². The SMILES string of the molecule is COc1cccc2c(C3=CCNCC3)c(C)[nH]c12. The van der Waals surface area contributed by atoms with Crippen molar-refractivity contribution in [1.82, 2.24) is 10.3 Å². The lowest BCUT2D eigenvalue weighted by Gasteiger charge is -2.14. The highest BCUT2D eigenvalue weighted by molar-refractivity contribution is 5.97. The van der Waals surface area contributed by atoms with Crippen molar-refractivity contribution in [3.63, 3.8) is 0 Å². The Kier molecular flexibility index (Phi) is 2.84. The number of aromatic nitrogens is 1. The van der Waals surface area contributed by atoms with Gasteiger partial charge in [-0.1, -0.05) is 18.2 Å². The summed E-state index contributed by atoms with van der Waals surface area (Å²) < 4.78 is 5.42. The summed E-state index contributed by atoms with van der Waals surface area (Å²) in [5, 5.41) is 4.62. The fourth-order valence-electron chi connectivity index (χ4n) is 2.75. The number of fused-ring (bicyclic) bond motifs is 1. The molecule has 0 unspecified atom stereocenters. The molecule has 0 saturated heterocycles. The minimum atomic E-state index is 0.913. The van der Waals surface area contributed by atoms with Crippen LogP contribution in [0, 0.1) is 6.92 Å². The zero-order chi connectivity index (χ0) is 12.5. The summed E-state index contributed by atoms with van der Waals surface area (Å²) in [4.78, 5) is 3.46. The third kappa shape index (κ3) is 1.71. The summed E-state index contributed by atoms with van der Waals surface area (Å²) in [5.41, 5.74) is 5.12. The maximum Gasteiger partial charge on any atom is 0.142 e. The number of aromatic amines is 1. The number of rotatable bonds is 2. The highest BCUT2D eigenvalue weighted by Gasteiger charge is 2.16. The Hall–Kier alpha value is -1.74. The van der Waals surface area contributed by atoms with Gasteiger partial charge in [0.05, 0.1) is 12.6 Å². The second kappa shape index (κ2) is 4.50. The van der Waals surface area contributed by atoms with Gasteiger partial charge in [0.1, 0.15) is 5.75 Å². The molecule has 1 aromatic carbocycles. The maximum atomic E-state index is 5.42. The lowest BCUT2D eigenvalue weighted by atomic mass is 9.97. The molecule has 2 aromatic rings. The number of para-hydroxylation sites is 1. The van der Waals surface area contributed by atoms with Crippen LogP contribution < -0.4 is 10.1 Å². The van der Waals surface area contributed by atoms with Crippen LogP contribution in [0.2, 0.25) is 0 Å². The highest BCUT2D eigenvalue weighted by Crippen LogP contribution is 2.34. The van der Waals surface area contributed by atoms with Crippen molar-refractivity contribution in [2.45, 2.75) is 13.3 Å². The van der Waals surface area contributed by atoms with Crippen molar-refractivity contribution in [1.29, 1.82) is 0 Å². The fourth-order valence-corrected chi connectivity index (χ4v) is 2.75. The van der Waals surface area contributed by atoms with Crippen LogP contribution in [0.1, 0.15) is 17.7 Å². The van der Waals surface area contributed by atoms with Gasteiger partial charge >= 0.3 is 0 Å². The highest BCUT2D eigenvalue weighted by atomic mass is 16.5. The molecule has 1 aromatic heterocycles. The van der Waals surface area contributed by atoms with E-state index < -0.39 is 0 Å². The van der Waals surface area contributed by atoms with Crippen LogP contribution in [-0.4, -0.2) is 25.2 Å². The predicted molar refractivity (Wildman–Crippen MR) is 75.1 cm³/mol. The first-order valence-corrected chi connectivity index (χ1v) is 6.36. The zero-order valence-corrected chi connectivity index (χ0v) is 10.8. The molecular formula is C15H18N2O. The Morgan fingerprint density at radius 3 is 2.89 bits per heavy atom. The first-order chi connectivity index (χ1) is 8.81. The van der Waals surface area contributed by atoms with E-state index in [4.69, 9.17) is 4.74 Å². The fraction of sp³-hybridized carbons (Fsp3) is 0.333. The molecule has 1 aliphatic heterocycles.